The van der Waals surface area contributed by atoms with Gasteiger partial charge in [-0.2, -0.15) is 0 Å². The highest BCUT2D eigenvalue weighted by molar-refractivity contribution is 14.1. The second-order valence-electron chi connectivity index (χ2n) is 4.11. The average molecular weight is 381 g/mol. The molecule has 18 heavy (non-hydrogen) atoms. The lowest BCUT2D eigenvalue weighted by molar-refractivity contribution is 0.122. The van der Waals surface area contributed by atoms with E-state index in [4.69, 9.17) is 13.3 Å². The van der Waals surface area contributed by atoms with Gasteiger partial charge in [0.1, 0.15) is 0 Å². The zero-order valence-electron chi connectivity index (χ0n) is 11.3. The van der Waals surface area contributed by atoms with Gasteiger partial charge in [-0.1, -0.05) is 6.92 Å². The Labute approximate surface area is 124 Å². The molecule has 0 saturated heterocycles. The van der Waals surface area contributed by atoms with Crippen molar-refractivity contribution < 1.29 is 13.3 Å². The third-order valence-electron chi connectivity index (χ3n) is 3.07. The number of aromatic nitrogens is 1. The molecule has 0 radical (unpaired) electrons. The molecule has 0 aliphatic carbocycles. The summed E-state index contributed by atoms with van der Waals surface area (Å²) in [5.74, 6) is 0.366. The van der Waals surface area contributed by atoms with Gasteiger partial charge in [-0.15, -0.1) is 0 Å². The fourth-order valence-electron chi connectivity index (χ4n) is 1.85. The van der Waals surface area contributed by atoms with Crippen LogP contribution < -0.4 is 0 Å². The van der Waals surface area contributed by atoms with Crippen LogP contribution in [0.4, 0.5) is 0 Å². The molecule has 0 amide bonds. The van der Waals surface area contributed by atoms with Crippen LogP contribution in [0.3, 0.4) is 0 Å². The van der Waals surface area contributed by atoms with Gasteiger partial charge < -0.3 is 13.3 Å². The predicted molar refractivity (Wildman–Crippen MR) is 81.6 cm³/mol. The maximum absolute atomic E-state index is 5.42. The molecule has 102 valence electrons. The molecule has 0 fully saturated rings. The van der Waals surface area contributed by atoms with Crippen LogP contribution in [0.15, 0.2) is 18.3 Å². The standard InChI is InChI=1S/C12H20INO3Si/c1-10(12-11(13)6-5-8-14-12)7-9-18(15-2,16-3)17-4/h5-6,8,10H,7,9H2,1-4H3. The lowest BCUT2D eigenvalue weighted by atomic mass is 10.0. The molecule has 1 aromatic rings. The second-order valence-corrected chi connectivity index (χ2v) is 8.36. The Morgan fingerprint density at radius 3 is 2.39 bits per heavy atom. The van der Waals surface area contributed by atoms with Crippen molar-refractivity contribution in [3.63, 3.8) is 0 Å². The summed E-state index contributed by atoms with van der Waals surface area (Å²) in [6.45, 7) is 2.17. The molecule has 1 heterocycles. The Bertz CT molecular complexity index is 366. The maximum atomic E-state index is 5.42. The summed E-state index contributed by atoms with van der Waals surface area (Å²) in [6.07, 6.45) is 2.77. The number of hydrogen-bond acceptors (Lipinski definition) is 4. The van der Waals surface area contributed by atoms with Crippen LogP contribution in [-0.2, 0) is 13.3 Å². The molecule has 0 aliphatic rings. The van der Waals surface area contributed by atoms with Gasteiger partial charge in [0.25, 0.3) is 0 Å². The molecule has 6 heteroatoms. The fourth-order valence-corrected chi connectivity index (χ4v) is 4.62. The van der Waals surface area contributed by atoms with Crippen molar-refractivity contribution in [2.75, 3.05) is 21.3 Å². The highest BCUT2D eigenvalue weighted by Crippen LogP contribution is 2.27. The first kappa shape index (κ1) is 16.0. The fraction of sp³-hybridized carbons (Fsp3) is 0.583. The third kappa shape index (κ3) is 3.99. The van der Waals surface area contributed by atoms with Crippen molar-refractivity contribution in [2.24, 2.45) is 0 Å². The summed E-state index contributed by atoms with van der Waals surface area (Å²) < 4.78 is 17.5. The number of halogens is 1. The quantitative estimate of drug-likeness (QED) is 0.538. The first-order valence-corrected chi connectivity index (χ1v) is 8.85. The molecular weight excluding hydrogens is 361 g/mol. The molecule has 1 rings (SSSR count). The van der Waals surface area contributed by atoms with Gasteiger partial charge in [0.05, 0.1) is 5.69 Å². The summed E-state index contributed by atoms with van der Waals surface area (Å²) in [5, 5.41) is 0. The second kappa shape index (κ2) is 7.54. The summed E-state index contributed by atoms with van der Waals surface area (Å²) in [6, 6.07) is 4.83. The first-order valence-electron chi connectivity index (χ1n) is 5.84. The van der Waals surface area contributed by atoms with Gasteiger partial charge in [0.15, 0.2) is 0 Å². The molecule has 0 saturated carbocycles. The van der Waals surface area contributed by atoms with Crippen LogP contribution in [0.2, 0.25) is 6.04 Å². The van der Waals surface area contributed by atoms with E-state index in [-0.39, 0.29) is 0 Å². The van der Waals surface area contributed by atoms with Crippen LogP contribution in [-0.4, -0.2) is 35.1 Å². The Morgan fingerprint density at radius 1 is 1.28 bits per heavy atom. The maximum Gasteiger partial charge on any atom is 0.500 e. The van der Waals surface area contributed by atoms with Crippen LogP contribution >= 0.6 is 22.6 Å². The Kier molecular flexibility index (Phi) is 6.71. The van der Waals surface area contributed by atoms with E-state index < -0.39 is 8.80 Å². The zero-order valence-corrected chi connectivity index (χ0v) is 14.4. The van der Waals surface area contributed by atoms with Crippen LogP contribution in [0, 0.1) is 3.57 Å². The van der Waals surface area contributed by atoms with Gasteiger partial charge >= 0.3 is 8.80 Å². The molecule has 1 aromatic heterocycles. The normalized spacial score (nSPS) is 13.6. The Morgan fingerprint density at radius 2 is 1.89 bits per heavy atom. The molecule has 0 bridgehead atoms. The number of hydrogen-bond donors (Lipinski definition) is 0. The van der Waals surface area contributed by atoms with E-state index >= 15 is 0 Å². The van der Waals surface area contributed by atoms with Gasteiger partial charge in [-0.05, 0) is 47.1 Å². The van der Waals surface area contributed by atoms with E-state index in [9.17, 15) is 0 Å². The topological polar surface area (TPSA) is 40.6 Å². The monoisotopic (exact) mass is 381 g/mol. The Hall–Kier alpha value is -0.0231. The minimum Gasteiger partial charge on any atom is -0.377 e. The summed E-state index contributed by atoms with van der Waals surface area (Å²) in [4.78, 5) is 4.44. The zero-order chi connectivity index (χ0) is 13.6. The largest absolute Gasteiger partial charge is 0.500 e. The lowest BCUT2D eigenvalue weighted by Crippen LogP contribution is -2.42. The molecule has 0 aromatic carbocycles. The predicted octanol–water partition coefficient (Wildman–Crippen LogP) is 3.06. The van der Waals surface area contributed by atoms with Crippen molar-refractivity contribution in [3.8, 4) is 0 Å². The number of nitrogens with zero attached hydrogens (tertiary/aromatic N) is 1. The van der Waals surface area contributed by atoms with Crippen molar-refractivity contribution in [2.45, 2.75) is 25.3 Å². The van der Waals surface area contributed by atoms with E-state index in [1.165, 1.54) is 3.57 Å². The SMILES string of the molecule is CO[Si](CCC(C)c1ncccc1I)(OC)OC. The molecule has 0 N–H and O–H groups in total. The van der Waals surface area contributed by atoms with Crippen LogP contribution in [0.25, 0.3) is 0 Å². The van der Waals surface area contributed by atoms with E-state index in [1.807, 2.05) is 12.3 Å². The molecule has 1 unspecified atom stereocenters. The summed E-state index contributed by atoms with van der Waals surface area (Å²) >= 11 is 2.32. The lowest BCUT2D eigenvalue weighted by Gasteiger charge is -2.25. The van der Waals surface area contributed by atoms with Gasteiger partial charge in [-0.3, -0.25) is 4.98 Å². The van der Waals surface area contributed by atoms with E-state index in [2.05, 4.69) is 40.6 Å². The number of pyridine rings is 1. The average Bonchev–Trinajstić information content (AvgIpc) is 2.41. The molecule has 1 atom stereocenters. The van der Waals surface area contributed by atoms with E-state index in [0.29, 0.717) is 5.92 Å². The molecule has 4 nitrogen and oxygen atoms in total. The van der Waals surface area contributed by atoms with Crippen molar-refractivity contribution in [1.29, 1.82) is 0 Å². The minimum atomic E-state index is -2.46. The highest BCUT2D eigenvalue weighted by atomic mass is 127. The van der Waals surface area contributed by atoms with Gasteiger partial charge in [0.2, 0.25) is 0 Å². The number of rotatable bonds is 7. The van der Waals surface area contributed by atoms with Crippen molar-refractivity contribution >= 4 is 31.4 Å². The highest BCUT2D eigenvalue weighted by Gasteiger charge is 2.37. The van der Waals surface area contributed by atoms with E-state index in [0.717, 1.165) is 18.2 Å². The van der Waals surface area contributed by atoms with E-state index in [1.54, 1.807) is 21.3 Å². The molecule has 0 aliphatic heterocycles. The van der Waals surface area contributed by atoms with Crippen molar-refractivity contribution in [1.82, 2.24) is 4.98 Å². The van der Waals surface area contributed by atoms with Crippen LogP contribution in [0.5, 0.6) is 0 Å². The summed E-state index contributed by atoms with van der Waals surface area (Å²) in [5.41, 5.74) is 1.13. The smallest absolute Gasteiger partial charge is 0.377 e. The van der Waals surface area contributed by atoms with Gasteiger partial charge in [-0.25, -0.2) is 0 Å². The first-order chi connectivity index (χ1) is 8.58. The van der Waals surface area contributed by atoms with Gasteiger partial charge in [0, 0.05) is 37.1 Å². The molecular formula is C12H20INO3Si. The van der Waals surface area contributed by atoms with Crippen molar-refractivity contribution in [3.05, 3.63) is 27.6 Å². The summed E-state index contributed by atoms with van der Waals surface area (Å²) in [7, 11) is 2.48. The minimum absolute atomic E-state index is 0.366. The molecule has 0 spiro atoms. The van der Waals surface area contributed by atoms with Crippen LogP contribution in [0.1, 0.15) is 25.0 Å². The third-order valence-corrected chi connectivity index (χ3v) is 6.75. The Balaban J connectivity index is 2.66.